The highest BCUT2D eigenvalue weighted by Gasteiger charge is 2.22. The van der Waals surface area contributed by atoms with Gasteiger partial charge in [-0.15, -0.1) is 0 Å². The third kappa shape index (κ3) is 2.32. The van der Waals surface area contributed by atoms with Crippen LogP contribution in [0.5, 0.6) is 0 Å². The van der Waals surface area contributed by atoms with Crippen LogP contribution >= 0.6 is 0 Å². The minimum absolute atomic E-state index is 0.566. The molecule has 19 heavy (non-hydrogen) atoms. The molecule has 0 unspecified atom stereocenters. The molecule has 100 valence electrons. The normalized spacial score (nSPS) is 14.7. The highest BCUT2D eigenvalue weighted by Crippen LogP contribution is 2.27. The van der Waals surface area contributed by atoms with Crippen LogP contribution in [0.1, 0.15) is 31.2 Å². The lowest BCUT2D eigenvalue weighted by Gasteiger charge is -2.06. The smallest absolute Gasteiger partial charge is 0.223 e. The summed E-state index contributed by atoms with van der Waals surface area (Å²) in [5.74, 6) is 0.725. The topological polar surface area (TPSA) is 55.6 Å². The molecule has 0 atom stereocenters. The van der Waals surface area contributed by atoms with Gasteiger partial charge in [-0.3, -0.25) is 4.68 Å². The van der Waals surface area contributed by atoms with Gasteiger partial charge < -0.3 is 5.32 Å². The van der Waals surface area contributed by atoms with Crippen LogP contribution in [0.4, 0.5) is 5.95 Å². The third-order valence-corrected chi connectivity index (χ3v) is 3.50. The number of anilines is 1. The summed E-state index contributed by atoms with van der Waals surface area (Å²) in [7, 11) is 0. The number of aromatic nitrogens is 4. The van der Waals surface area contributed by atoms with Crippen molar-refractivity contribution in [3.63, 3.8) is 0 Å². The van der Waals surface area contributed by atoms with Crippen molar-refractivity contribution in [2.75, 3.05) is 5.32 Å². The number of nitrogens with zero attached hydrogens (tertiary/aromatic N) is 4. The Bertz CT molecular complexity index is 598. The van der Waals surface area contributed by atoms with E-state index in [0.717, 1.165) is 35.1 Å². The van der Waals surface area contributed by atoms with Crippen molar-refractivity contribution in [2.45, 2.75) is 46.2 Å². The van der Waals surface area contributed by atoms with Gasteiger partial charge in [0, 0.05) is 30.0 Å². The van der Waals surface area contributed by atoms with Crippen LogP contribution in [0.15, 0.2) is 12.3 Å². The molecule has 1 fully saturated rings. The zero-order chi connectivity index (χ0) is 13.4. The van der Waals surface area contributed by atoms with Crippen molar-refractivity contribution < 1.29 is 0 Å². The second kappa shape index (κ2) is 4.64. The van der Waals surface area contributed by atoms with Crippen molar-refractivity contribution in [1.29, 1.82) is 0 Å². The largest absolute Gasteiger partial charge is 0.351 e. The van der Waals surface area contributed by atoms with Crippen molar-refractivity contribution in [3.8, 4) is 11.3 Å². The second-order valence-corrected chi connectivity index (χ2v) is 5.05. The van der Waals surface area contributed by atoms with E-state index in [4.69, 9.17) is 0 Å². The molecule has 5 nitrogen and oxygen atoms in total. The molecule has 2 aromatic rings. The van der Waals surface area contributed by atoms with Crippen LogP contribution in [0.25, 0.3) is 11.3 Å². The van der Waals surface area contributed by atoms with Crippen molar-refractivity contribution >= 4 is 5.95 Å². The summed E-state index contributed by atoms with van der Waals surface area (Å²) in [4.78, 5) is 8.90. The Morgan fingerprint density at radius 1 is 1.37 bits per heavy atom. The van der Waals surface area contributed by atoms with Gasteiger partial charge in [-0.2, -0.15) is 5.10 Å². The fourth-order valence-electron chi connectivity index (χ4n) is 2.35. The first-order chi connectivity index (χ1) is 9.19. The quantitative estimate of drug-likeness (QED) is 0.914. The SMILES string of the molecule is CCn1nc(C)c(-c2ccnc(NC3CC3)n2)c1C. The highest BCUT2D eigenvalue weighted by atomic mass is 15.3. The molecule has 0 radical (unpaired) electrons. The lowest BCUT2D eigenvalue weighted by atomic mass is 10.1. The van der Waals surface area contributed by atoms with E-state index in [2.05, 4.69) is 34.2 Å². The maximum atomic E-state index is 4.62. The molecule has 0 amide bonds. The monoisotopic (exact) mass is 257 g/mol. The summed E-state index contributed by atoms with van der Waals surface area (Å²) in [6.45, 7) is 7.10. The van der Waals surface area contributed by atoms with Gasteiger partial charge in [-0.25, -0.2) is 9.97 Å². The molecule has 1 aliphatic rings. The van der Waals surface area contributed by atoms with Crippen LogP contribution in [0.3, 0.4) is 0 Å². The van der Waals surface area contributed by atoms with E-state index in [-0.39, 0.29) is 0 Å². The third-order valence-electron chi connectivity index (χ3n) is 3.50. The Balaban J connectivity index is 1.98. The lowest BCUT2D eigenvalue weighted by molar-refractivity contribution is 0.634. The Morgan fingerprint density at radius 3 is 2.79 bits per heavy atom. The summed E-state index contributed by atoms with van der Waals surface area (Å²) >= 11 is 0. The van der Waals surface area contributed by atoms with E-state index in [1.807, 2.05) is 23.9 Å². The summed E-state index contributed by atoms with van der Waals surface area (Å²) in [6.07, 6.45) is 4.26. The Hall–Kier alpha value is -1.91. The number of nitrogens with one attached hydrogen (secondary N) is 1. The van der Waals surface area contributed by atoms with Gasteiger partial charge in [0.15, 0.2) is 0 Å². The Kier molecular flexibility index (Phi) is 2.97. The minimum atomic E-state index is 0.566. The molecule has 1 saturated carbocycles. The molecule has 0 spiro atoms. The van der Waals surface area contributed by atoms with Crippen LogP contribution in [0.2, 0.25) is 0 Å². The molecule has 0 bridgehead atoms. The summed E-state index contributed by atoms with van der Waals surface area (Å²) in [5, 5.41) is 7.88. The van der Waals surface area contributed by atoms with E-state index in [1.165, 1.54) is 12.8 Å². The van der Waals surface area contributed by atoms with Gasteiger partial charge in [0.2, 0.25) is 5.95 Å². The van der Waals surface area contributed by atoms with Gasteiger partial charge in [-0.05, 0) is 39.7 Å². The molecule has 0 saturated heterocycles. The predicted octanol–water partition coefficient (Wildman–Crippen LogP) is 2.55. The van der Waals surface area contributed by atoms with E-state index in [0.29, 0.717) is 6.04 Å². The molecule has 0 aliphatic heterocycles. The van der Waals surface area contributed by atoms with Crippen molar-refractivity contribution in [2.24, 2.45) is 0 Å². The number of hydrogen-bond acceptors (Lipinski definition) is 4. The predicted molar refractivity (Wildman–Crippen MR) is 75.0 cm³/mol. The zero-order valence-corrected chi connectivity index (χ0v) is 11.6. The standard InChI is InChI=1S/C14H19N5/c1-4-19-10(3)13(9(2)18-19)12-7-8-15-14(17-12)16-11-5-6-11/h7-8,11H,4-6H2,1-3H3,(H,15,16,17). The van der Waals surface area contributed by atoms with Crippen molar-refractivity contribution in [3.05, 3.63) is 23.7 Å². The average molecular weight is 257 g/mol. The van der Waals surface area contributed by atoms with E-state index >= 15 is 0 Å². The maximum Gasteiger partial charge on any atom is 0.223 e. The fourth-order valence-corrected chi connectivity index (χ4v) is 2.35. The lowest BCUT2D eigenvalue weighted by Crippen LogP contribution is -2.05. The number of hydrogen-bond donors (Lipinski definition) is 1. The summed E-state index contributed by atoms with van der Waals surface area (Å²) in [6, 6.07) is 2.52. The van der Waals surface area contributed by atoms with Crippen LogP contribution in [0, 0.1) is 13.8 Å². The molecule has 1 N–H and O–H groups in total. The molecule has 0 aromatic carbocycles. The fraction of sp³-hybridized carbons (Fsp3) is 0.500. The van der Waals surface area contributed by atoms with E-state index in [1.54, 1.807) is 0 Å². The molecular weight excluding hydrogens is 238 g/mol. The molecule has 2 heterocycles. The van der Waals surface area contributed by atoms with Crippen LogP contribution in [-0.2, 0) is 6.54 Å². The average Bonchev–Trinajstić information content (AvgIpc) is 3.15. The Morgan fingerprint density at radius 2 is 2.16 bits per heavy atom. The minimum Gasteiger partial charge on any atom is -0.351 e. The number of aryl methyl sites for hydroxylation is 2. The van der Waals surface area contributed by atoms with Crippen molar-refractivity contribution in [1.82, 2.24) is 19.7 Å². The maximum absolute atomic E-state index is 4.62. The molecular formula is C14H19N5. The summed E-state index contributed by atoms with van der Waals surface area (Å²) in [5.41, 5.74) is 4.27. The molecule has 2 aromatic heterocycles. The second-order valence-electron chi connectivity index (χ2n) is 5.05. The Labute approximate surface area is 113 Å². The van der Waals surface area contributed by atoms with Gasteiger partial charge in [-0.1, -0.05) is 0 Å². The summed E-state index contributed by atoms with van der Waals surface area (Å²) < 4.78 is 2.01. The molecule has 1 aliphatic carbocycles. The van der Waals surface area contributed by atoms with Crippen LogP contribution in [-0.4, -0.2) is 25.8 Å². The first-order valence-electron chi connectivity index (χ1n) is 6.83. The number of rotatable bonds is 4. The zero-order valence-electron chi connectivity index (χ0n) is 11.6. The van der Waals surface area contributed by atoms with Gasteiger partial charge >= 0.3 is 0 Å². The van der Waals surface area contributed by atoms with E-state index < -0.39 is 0 Å². The van der Waals surface area contributed by atoms with Gasteiger partial charge in [0.25, 0.3) is 0 Å². The molecule has 5 heteroatoms. The highest BCUT2D eigenvalue weighted by molar-refractivity contribution is 5.65. The molecule has 3 rings (SSSR count). The van der Waals surface area contributed by atoms with E-state index in [9.17, 15) is 0 Å². The van der Waals surface area contributed by atoms with Gasteiger partial charge in [0.1, 0.15) is 0 Å². The van der Waals surface area contributed by atoms with Crippen LogP contribution < -0.4 is 5.32 Å². The van der Waals surface area contributed by atoms with Gasteiger partial charge in [0.05, 0.1) is 11.4 Å². The first-order valence-corrected chi connectivity index (χ1v) is 6.83. The first kappa shape index (κ1) is 12.1.